The fourth-order valence-electron chi connectivity index (χ4n) is 1.10. The minimum atomic E-state index is -0.412. The molecule has 0 bridgehead atoms. The molecule has 0 N–H and O–H groups in total. The van der Waals surface area contributed by atoms with Crippen molar-refractivity contribution in [2.75, 3.05) is 19.6 Å². The molecule has 0 aliphatic carbocycles. The van der Waals surface area contributed by atoms with E-state index in [-0.39, 0.29) is 17.7 Å². The second kappa shape index (κ2) is 7.16. The van der Waals surface area contributed by atoms with E-state index < -0.39 is 5.82 Å². The zero-order valence-corrected chi connectivity index (χ0v) is 10.6. The number of hydrogen-bond acceptors (Lipinski definition) is 2. The van der Waals surface area contributed by atoms with Crippen molar-refractivity contribution in [3.63, 3.8) is 0 Å². The Morgan fingerprint density at radius 1 is 1.47 bits per heavy atom. The van der Waals surface area contributed by atoms with Crippen molar-refractivity contribution < 1.29 is 13.9 Å². The fraction of sp³-hybridized carbons (Fsp3) is 0.385. The van der Waals surface area contributed by atoms with Crippen LogP contribution < -0.4 is 4.74 Å². The molecule has 1 atom stereocenters. The van der Waals surface area contributed by atoms with Crippen LogP contribution in [-0.2, 0) is 4.74 Å². The summed E-state index contributed by atoms with van der Waals surface area (Å²) in [6.07, 6.45) is -0.0908. The summed E-state index contributed by atoms with van der Waals surface area (Å²) in [6.45, 7) is 2.13. The molecule has 0 aliphatic rings. The molecule has 2 nitrogen and oxygen atoms in total. The topological polar surface area (TPSA) is 18.5 Å². The van der Waals surface area contributed by atoms with Gasteiger partial charge in [-0.2, -0.15) is 0 Å². The molecule has 1 aromatic rings. The quantitative estimate of drug-likeness (QED) is 0.609. The molecule has 0 fully saturated rings. The molecule has 0 aromatic heterocycles. The van der Waals surface area contributed by atoms with Gasteiger partial charge in [-0.05, 0) is 25.1 Å². The molecule has 1 unspecified atom stereocenters. The summed E-state index contributed by atoms with van der Waals surface area (Å²) < 4.78 is 23.7. The number of ether oxygens (including phenoxy) is 2. The first-order chi connectivity index (χ1) is 8.17. The lowest BCUT2D eigenvalue weighted by Gasteiger charge is -2.12. The van der Waals surface area contributed by atoms with Gasteiger partial charge in [-0.15, -0.1) is 11.6 Å². The van der Waals surface area contributed by atoms with Crippen LogP contribution in [0.3, 0.4) is 0 Å². The molecule has 0 saturated heterocycles. The molecule has 0 radical (unpaired) electrons. The van der Waals surface area contributed by atoms with Crippen molar-refractivity contribution in [3.8, 4) is 17.6 Å². The van der Waals surface area contributed by atoms with Crippen molar-refractivity contribution >= 4 is 11.6 Å². The van der Waals surface area contributed by atoms with Gasteiger partial charge in [-0.3, -0.25) is 0 Å². The van der Waals surface area contributed by atoms with Crippen LogP contribution in [0, 0.1) is 17.7 Å². The van der Waals surface area contributed by atoms with Gasteiger partial charge in [0.05, 0.1) is 12.0 Å². The summed E-state index contributed by atoms with van der Waals surface area (Å²) >= 11 is 5.45. The van der Waals surface area contributed by atoms with Gasteiger partial charge in [0.15, 0.2) is 11.6 Å². The van der Waals surface area contributed by atoms with Crippen LogP contribution in [-0.4, -0.2) is 25.7 Å². The number of halogens is 2. The Labute approximate surface area is 106 Å². The number of methoxy groups -OCH3 is 1. The highest BCUT2D eigenvalue weighted by molar-refractivity contribution is 6.19. The number of rotatable bonds is 4. The van der Waals surface area contributed by atoms with E-state index in [1.807, 2.05) is 6.92 Å². The average Bonchev–Trinajstić information content (AvgIpc) is 2.35. The Kier molecular flexibility index (Phi) is 5.82. The standard InChI is InChI=1S/C13H14ClFO2/c1-10(16-2)9-17-13-8-11(4-3-7-14)5-6-12(13)15/h5-6,8,10H,7,9H2,1-2H3. The first kappa shape index (κ1) is 13.8. The Morgan fingerprint density at radius 2 is 2.24 bits per heavy atom. The van der Waals surface area contributed by atoms with Crippen LogP contribution >= 0.6 is 11.6 Å². The minimum Gasteiger partial charge on any atom is -0.488 e. The molecule has 0 amide bonds. The summed E-state index contributed by atoms with van der Waals surface area (Å²) in [5.74, 6) is 5.51. The first-order valence-corrected chi connectivity index (χ1v) is 5.70. The molecule has 0 spiro atoms. The summed E-state index contributed by atoms with van der Waals surface area (Å²) in [6, 6.07) is 4.46. The maximum atomic E-state index is 13.4. The second-order valence-electron chi connectivity index (χ2n) is 3.44. The van der Waals surface area contributed by atoms with E-state index in [0.29, 0.717) is 12.2 Å². The lowest BCUT2D eigenvalue weighted by molar-refractivity contribution is 0.0702. The fourth-order valence-corrected chi connectivity index (χ4v) is 1.17. The predicted molar refractivity (Wildman–Crippen MR) is 66.0 cm³/mol. The summed E-state index contributed by atoms with van der Waals surface area (Å²) in [4.78, 5) is 0. The second-order valence-corrected chi connectivity index (χ2v) is 3.71. The van der Waals surface area contributed by atoms with Crippen molar-refractivity contribution in [2.24, 2.45) is 0 Å². The lowest BCUT2D eigenvalue weighted by Crippen LogP contribution is -2.16. The Morgan fingerprint density at radius 3 is 2.88 bits per heavy atom. The average molecular weight is 257 g/mol. The smallest absolute Gasteiger partial charge is 0.165 e. The van der Waals surface area contributed by atoms with Crippen LogP contribution in [0.25, 0.3) is 0 Å². The van der Waals surface area contributed by atoms with E-state index in [1.165, 1.54) is 6.07 Å². The third kappa shape index (κ3) is 4.64. The van der Waals surface area contributed by atoms with E-state index in [0.717, 1.165) is 0 Å². The van der Waals surface area contributed by atoms with Gasteiger partial charge in [0.2, 0.25) is 0 Å². The van der Waals surface area contributed by atoms with E-state index >= 15 is 0 Å². The van der Waals surface area contributed by atoms with Crippen LogP contribution in [0.1, 0.15) is 12.5 Å². The number of alkyl halides is 1. The summed E-state index contributed by atoms with van der Waals surface area (Å²) in [5.41, 5.74) is 0.673. The monoisotopic (exact) mass is 256 g/mol. The van der Waals surface area contributed by atoms with E-state index in [1.54, 1.807) is 19.2 Å². The van der Waals surface area contributed by atoms with E-state index in [4.69, 9.17) is 21.1 Å². The normalized spacial score (nSPS) is 11.5. The van der Waals surface area contributed by atoms with Crippen molar-refractivity contribution in [3.05, 3.63) is 29.6 Å². The highest BCUT2D eigenvalue weighted by Crippen LogP contribution is 2.18. The molecule has 1 aromatic carbocycles. The maximum Gasteiger partial charge on any atom is 0.165 e. The third-order valence-corrected chi connectivity index (χ3v) is 2.24. The highest BCUT2D eigenvalue weighted by atomic mass is 35.5. The van der Waals surface area contributed by atoms with Crippen LogP contribution in [0.4, 0.5) is 4.39 Å². The molecule has 92 valence electrons. The van der Waals surface area contributed by atoms with Gasteiger partial charge in [0.25, 0.3) is 0 Å². The SMILES string of the molecule is COC(C)COc1cc(C#CCCl)ccc1F. The molecule has 0 heterocycles. The minimum absolute atomic E-state index is 0.0908. The zero-order chi connectivity index (χ0) is 12.7. The largest absolute Gasteiger partial charge is 0.488 e. The van der Waals surface area contributed by atoms with Crippen molar-refractivity contribution in [1.29, 1.82) is 0 Å². The molecular formula is C13H14ClFO2. The number of hydrogen-bond donors (Lipinski definition) is 0. The van der Waals surface area contributed by atoms with E-state index in [9.17, 15) is 4.39 Å². The van der Waals surface area contributed by atoms with Gasteiger partial charge >= 0.3 is 0 Å². The van der Waals surface area contributed by atoms with E-state index in [2.05, 4.69) is 11.8 Å². The van der Waals surface area contributed by atoms with Crippen molar-refractivity contribution in [1.82, 2.24) is 0 Å². The third-order valence-electron chi connectivity index (χ3n) is 2.11. The Hall–Kier alpha value is -1.24. The Bertz CT molecular complexity index is 423. The molecule has 0 aliphatic heterocycles. The first-order valence-electron chi connectivity index (χ1n) is 5.17. The molecule has 4 heteroatoms. The summed E-state index contributed by atoms with van der Waals surface area (Å²) in [7, 11) is 1.58. The molecule has 17 heavy (non-hydrogen) atoms. The number of benzene rings is 1. The van der Waals surface area contributed by atoms with Crippen molar-refractivity contribution in [2.45, 2.75) is 13.0 Å². The maximum absolute atomic E-state index is 13.4. The van der Waals surface area contributed by atoms with Gasteiger partial charge < -0.3 is 9.47 Å². The Balaban J connectivity index is 2.76. The molecule has 0 saturated carbocycles. The van der Waals surface area contributed by atoms with Crippen LogP contribution in [0.2, 0.25) is 0 Å². The zero-order valence-electron chi connectivity index (χ0n) is 9.80. The van der Waals surface area contributed by atoms with Crippen LogP contribution in [0.5, 0.6) is 5.75 Å². The van der Waals surface area contributed by atoms with Gasteiger partial charge in [-0.1, -0.05) is 11.8 Å². The lowest BCUT2D eigenvalue weighted by atomic mass is 10.2. The van der Waals surface area contributed by atoms with Crippen LogP contribution in [0.15, 0.2) is 18.2 Å². The van der Waals surface area contributed by atoms with Gasteiger partial charge in [0.1, 0.15) is 6.61 Å². The van der Waals surface area contributed by atoms with Gasteiger partial charge in [0, 0.05) is 12.7 Å². The van der Waals surface area contributed by atoms with Gasteiger partial charge in [-0.25, -0.2) is 4.39 Å². The highest BCUT2D eigenvalue weighted by Gasteiger charge is 2.06. The molecular weight excluding hydrogens is 243 g/mol. The predicted octanol–water partition coefficient (Wildman–Crippen LogP) is 2.83. The molecule has 1 rings (SSSR count). The summed E-state index contributed by atoms with van der Waals surface area (Å²) in [5, 5.41) is 0.